The first-order valence-corrected chi connectivity index (χ1v) is 12.9. The molecule has 0 atom stereocenters. The van der Waals surface area contributed by atoms with Crippen molar-refractivity contribution in [3.8, 4) is 0 Å². The van der Waals surface area contributed by atoms with Gasteiger partial charge in [0.15, 0.2) is 5.82 Å². The Morgan fingerprint density at radius 1 is 1.33 bits per heavy atom. The molecule has 36 heavy (non-hydrogen) atoms. The zero-order valence-electron chi connectivity index (χ0n) is 20.1. The average molecular weight is 513 g/mol. The maximum atomic E-state index is 12.1. The summed E-state index contributed by atoms with van der Waals surface area (Å²) >= 11 is 0. The standard InChI is InChI=1S/C23H28N8O4S/c1-14(2)31-12-19(30(3)22(33)13-32)17-11-26-21(8-18(17)31)28-20-6-7-25-23(29-20)15(9-24)10-27-36(34,35)16-4-5-16/h6-12,14,16,24,27,32H,4-5,13H2,1-3H3,(H,25,26,28,29)/b15-10+,24-9?. The van der Waals surface area contributed by atoms with Crippen LogP contribution < -0.4 is 14.9 Å². The second-order valence-corrected chi connectivity index (χ2v) is 10.7. The molecule has 1 aliphatic rings. The van der Waals surface area contributed by atoms with E-state index < -0.39 is 22.5 Å². The number of carbonyl (C=O) groups is 1. The van der Waals surface area contributed by atoms with Crippen molar-refractivity contribution < 1.29 is 18.3 Å². The highest BCUT2D eigenvalue weighted by Gasteiger charge is 2.35. The zero-order chi connectivity index (χ0) is 26.0. The first kappa shape index (κ1) is 25.3. The normalized spacial score (nSPS) is 14.2. The molecule has 1 fully saturated rings. The lowest BCUT2D eigenvalue weighted by atomic mass is 10.2. The van der Waals surface area contributed by atoms with Gasteiger partial charge in [-0.05, 0) is 32.8 Å². The van der Waals surface area contributed by atoms with E-state index >= 15 is 0 Å². The lowest BCUT2D eigenvalue weighted by molar-refractivity contribution is -0.120. The topological polar surface area (TPSA) is 166 Å². The van der Waals surface area contributed by atoms with E-state index in [1.165, 1.54) is 17.3 Å². The Hall–Kier alpha value is -3.84. The number of fused-ring (bicyclic) bond motifs is 1. The van der Waals surface area contributed by atoms with Crippen molar-refractivity contribution in [2.75, 3.05) is 23.9 Å². The van der Waals surface area contributed by atoms with Crippen LogP contribution in [0.3, 0.4) is 0 Å². The molecule has 12 nitrogen and oxygen atoms in total. The summed E-state index contributed by atoms with van der Waals surface area (Å²) in [5, 5.41) is 20.4. The number of aliphatic hydroxyl groups excluding tert-OH is 1. The van der Waals surface area contributed by atoms with Gasteiger partial charge in [-0.15, -0.1) is 0 Å². The number of hydrogen-bond donors (Lipinski definition) is 4. The van der Waals surface area contributed by atoms with Crippen molar-refractivity contribution in [1.29, 1.82) is 5.41 Å². The van der Waals surface area contributed by atoms with Crippen LogP contribution in [0.2, 0.25) is 0 Å². The minimum absolute atomic E-state index is 0.0967. The summed E-state index contributed by atoms with van der Waals surface area (Å²) in [7, 11) is -1.85. The Bertz CT molecular complexity index is 1440. The molecule has 0 aromatic carbocycles. The highest BCUT2D eigenvalue weighted by Crippen LogP contribution is 2.32. The van der Waals surface area contributed by atoms with Gasteiger partial charge in [0.2, 0.25) is 10.0 Å². The molecule has 0 radical (unpaired) electrons. The van der Waals surface area contributed by atoms with Crippen LogP contribution in [0.1, 0.15) is 38.6 Å². The van der Waals surface area contributed by atoms with Gasteiger partial charge in [0.1, 0.15) is 18.2 Å². The molecule has 3 aromatic heterocycles. The number of nitrogens with zero attached hydrogens (tertiary/aromatic N) is 5. The summed E-state index contributed by atoms with van der Waals surface area (Å²) in [5.41, 5.74) is 1.68. The smallest absolute Gasteiger partial charge is 0.252 e. The summed E-state index contributed by atoms with van der Waals surface area (Å²) in [5.74, 6) is 0.638. The highest BCUT2D eigenvalue weighted by molar-refractivity contribution is 7.90. The Morgan fingerprint density at radius 3 is 2.72 bits per heavy atom. The predicted molar refractivity (Wildman–Crippen MR) is 138 cm³/mol. The lowest BCUT2D eigenvalue weighted by Crippen LogP contribution is -2.28. The van der Waals surface area contributed by atoms with Crippen LogP contribution in [0.4, 0.5) is 17.3 Å². The van der Waals surface area contributed by atoms with Gasteiger partial charge < -0.3 is 25.3 Å². The van der Waals surface area contributed by atoms with E-state index in [4.69, 9.17) is 5.41 Å². The SMILES string of the molecule is CC(C)n1cc(N(C)C(=O)CO)c2cnc(Nc3ccnc(/C(C=N)=C/NS(=O)(=O)C4CC4)n3)cc21. The van der Waals surface area contributed by atoms with Crippen LogP contribution >= 0.6 is 0 Å². The molecular formula is C23H28N8O4S. The third-order valence-corrected chi connectivity index (χ3v) is 7.59. The van der Waals surface area contributed by atoms with Gasteiger partial charge in [-0.25, -0.2) is 23.4 Å². The maximum Gasteiger partial charge on any atom is 0.252 e. The quantitative estimate of drug-likeness (QED) is 0.300. The predicted octanol–water partition coefficient (Wildman–Crippen LogP) is 2.18. The first-order valence-electron chi connectivity index (χ1n) is 11.3. The molecule has 190 valence electrons. The van der Waals surface area contributed by atoms with Crippen molar-refractivity contribution >= 4 is 55.9 Å². The van der Waals surface area contributed by atoms with Gasteiger partial charge in [0.05, 0.1) is 22.0 Å². The average Bonchev–Trinajstić information content (AvgIpc) is 3.65. The number of aliphatic hydroxyl groups is 1. The van der Waals surface area contributed by atoms with E-state index in [-0.39, 0.29) is 22.7 Å². The number of pyridine rings is 1. The van der Waals surface area contributed by atoms with Gasteiger partial charge in [-0.1, -0.05) is 0 Å². The number of sulfonamides is 1. The molecule has 4 N–H and O–H groups in total. The number of amides is 1. The third-order valence-electron chi connectivity index (χ3n) is 5.79. The van der Waals surface area contributed by atoms with E-state index in [1.807, 2.05) is 30.7 Å². The molecule has 3 heterocycles. The molecule has 1 aliphatic carbocycles. The Morgan fingerprint density at radius 2 is 2.08 bits per heavy atom. The second-order valence-electron chi connectivity index (χ2n) is 8.71. The molecule has 0 unspecified atom stereocenters. The second kappa shape index (κ2) is 10.0. The molecular weight excluding hydrogens is 484 g/mol. The number of nitrogens with one attached hydrogen (secondary N) is 3. The van der Waals surface area contributed by atoms with Gasteiger partial charge in [-0.3, -0.25) is 9.52 Å². The highest BCUT2D eigenvalue weighted by atomic mass is 32.2. The minimum atomic E-state index is -3.45. The monoisotopic (exact) mass is 512 g/mol. The summed E-state index contributed by atoms with van der Waals surface area (Å²) in [6.07, 6.45) is 8.47. The fourth-order valence-electron chi connectivity index (χ4n) is 3.62. The van der Waals surface area contributed by atoms with E-state index in [1.54, 1.807) is 19.3 Å². The van der Waals surface area contributed by atoms with E-state index in [0.717, 1.165) is 17.1 Å². The molecule has 13 heteroatoms. The summed E-state index contributed by atoms with van der Waals surface area (Å²) in [4.78, 5) is 26.5. The van der Waals surface area contributed by atoms with E-state index in [9.17, 15) is 18.3 Å². The van der Waals surface area contributed by atoms with Crippen molar-refractivity contribution in [2.24, 2.45) is 0 Å². The summed E-state index contributed by atoms with van der Waals surface area (Å²) in [6.45, 7) is 3.44. The van der Waals surface area contributed by atoms with Crippen molar-refractivity contribution in [3.05, 3.63) is 42.7 Å². The number of allylic oxidation sites excluding steroid dienone is 1. The van der Waals surface area contributed by atoms with Crippen LogP contribution in [0, 0.1) is 5.41 Å². The number of likely N-dealkylation sites (N-methyl/N-ethyl adjacent to an activating group) is 1. The maximum absolute atomic E-state index is 12.1. The van der Waals surface area contributed by atoms with Gasteiger partial charge in [-0.2, -0.15) is 0 Å². The largest absolute Gasteiger partial charge is 0.387 e. The van der Waals surface area contributed by atoms with E-state index in [2.05, 4.69) is 25.0 Å². The molecule has 1 saturated carbocycles. The van der Waals surface area contributed by atoms with Crippen LogP contribution in [0.25, 0.3) is 16.5 Å². The lowest BCUT2D eigenvalue weighted by Gasteiger charge is -2.14. The van der Waals surface area contributed by atoms with Crippen LogP contribution in [-0.4, -0.2) is 64.1 Å². The number of rotatable bonds is 10. The zero-order valence-corrected chi connectivity index (χ0v) is 21.0. The number of carbonyl (C=O) groups excluding carboxylic acids is 1. The molecule has 3 aromatic rings. The molecule has 1 amide bonds. The number of anilines is 3. The Balaban J connectivity index is 1.62. The Kier molecular flexibility index (Phi) is 7.04. The fourth-order valence-corrected chi connectivity index (χ4v) is 4.86. The third kappa shape index (κ3) is 5.21. The molecule has 0 saturated heterocycles. The van der Waals surface area contributed by atoms with Gasteiger partial charge in [0, 0.05) is 55.5 Å². The van der Waals surface area contributed by atoms with Crippen molar-refractivity contribution in [1.82, 2.24) is 24.2 Å². The molecule has 0 aliphatic heterocycles. The molecule has 0 bridgehead atoms. The summed E-state index contributed by atoms with van der Waals surface area (Å²) in [6, 6.07) is 3.56. The fraction of sp³-hybridized carbons (Fsp3) is 0.348. The number of hydrogen-bond acceptors (Lipinski definition) is 9. The van der Waals surface area contributed by atoms with Crippen LogP contribution in [0.5, 0.6) is 0 Å². The van der Waals surface area contributed by atoms with Gasteiger partial charge >= 0.3 is 0 Å². The van der Waals surface area contributed by atoms with Crippen LogP contribution in [0.15, 0.2) is 36.9 Å². The van der Waals surface area contributed by atoms with Crippen molar-refractivity contribution in [3.63, 3.8) is 0 Å². The molecule has 0 spiro atoms. The minimum Gasteiger partial charge on any atom is -0.387 e. The van der Waals surface area contributed by atoms with Crippen molar-refractivity contribution in [2.45, 2.75) is 38.0 Å². The van der Waals surface area contributed by atoms with Crippen LogP contribution in [-0.2, 0) is 14.8 Å². The number of aromatic nitrogens is 4. The van der Waals surface area contributed by atoms with Gasteiger partial charge in [0.25, 0.3) is 5.91 Å². The first-order chi connectivity index (χ1) is 17.1. The Labute approximate surface area is 208 Å². The van der Waals surface area contributed by atoms with E-state index in [0.29, 0.717) is 30.2 Å². The summed E-state index contributed by atoms with van der Waals surface area (Å²) < 4.78 is 28.6. The molecule has 4 rings (SSSR count).